The molecule has 1 amide bonds. The Morgan fingerprint density at radius 2 is 1.94 bits per heavy atom. The van der Waals surface area contributed by atoms with E-state index >= 15 is 0 Å². The summed E-state index contributed by atoms with van der Waals surface area (Å²) in [6.45, 7) is 4.12. The lowest BCUT2D eigenvalue weighted by Crippen LogP contribution is -2.34. The van der Waals surface area contributed by atoms with Crippen molar-refractivity contribution in [3.05, 3.63) is 64.4 Å². The van der Waals surface area contributed by atoms with Crippen LogP contribution in [0.3, 0.4) is 0 Å². The molecule has 7 heteroatoms. The van der Waals surface area contributed by atoms with Gasteiger partial charge < -0.3 is 19.2 Å². The number of hydrogen-bond donors (Lipinski definition) is 1. The van der Waals surface area contributed by atoms with Crippen LogP contribution < -0.4 is 14.8 Å². The molecule has 0 spiro atoms. The SMILES string of the molecule is CCc1cc([C@H](c2cc(OC)ccc2OC)N2CCCCC2)c(NC(=O)c2ccco2)s1. The van der Waals surface area contributed by atoms with E-state index in [0.29, 0.717) is 5.76 Å². The first kappa shape index (κ1) is 22.4. The van der Waals surface area contributed by atoms with Gasteiger partial charge in [0.1, 0.15) is 16.5 Å². The number of nitrogens with one attached hydrogen (secondary N) is 1. The lowest BCUT2D eigenvalue weighted by molar-refractivity contribution is 0.0996. The van der Waals surface area contributed by atoms with Gasteiger partial charge in [-0.05, 0) is 68.8 Å². The van der Waals surface area contributed by atoms with Crippen molar-refractivity contribution in [1.29, 1.82) is 0 Å². The number of amides is 1. The first-order valence-electron chi connectivity index (χ1n) is 11.1. The van der Waals surface area contributed by atoms with E-state index in [2.05, 4.69) is 29.3 Å². The van der Waals surface area contributed by atoms with Gasteiger partial charge in [-0.3, -0.25) is 9.69 Å². The van der Waals surface area contributed by atoms with Gasteiger partial charge in [0.15, 0.2) is 5.76 Å². The largest absolute Gasteiger partial charge is 0.497 e. The van der Waals surface area contributed by atoms with Gasteiger partial charge in [-0.1, -0.05) is 13.3 Å². The maximum Gasteiger partial charge on any atom is 0.291 e. The monoisotopic (exact) mass is 454 g/mol. The zero-order valence-electron chi connectivity index (χ0n) is 18.8. The highest BCUT2D eigenvalue weighted by Crippen LogP contribution is 2.44. The fourth-order valence-corrected chi connectivity index (χ4v) is 5.32. The van der Waals surface area contributed by atoms with Crippen LogP contribution in [0, 0.1) is 0 Å². The maximum atomic E-state index is 12.8. The summed E-state index contributed by atoms with van der Waals surface area (Å²) >= 11 is 1.62. The van der Waals surface area contributed by atoms with Crippen molar-refractivity contribution in [3.8, 4) is 11.5 Å². The third-order valence-electron chi connectivity index (χ3n) is 5.91. The Morgan fingerprint density at radius 3 is 2.59 bits per heavy atom. The van der Waals surface area contributed by atoms with Crippen molar-refractivity contribution in [2.75, 3.05) is 32.6 Å². The van der Waals surface area contributed by atoms with Gasteiger partial charge in [0.05, 0.1) is 26.5 Å². The van der Waals surface area contributed by atoms with E-state index in [9.17, 15) is 4.79 Å². The van der Waals surface area contributed by atoms with Crippen molar-refractivity contribution < 1.29 is 18.7 Å². The van der Waals surface area contributed by atoms with Crippen molar-refractivity contribution in [3.63, 3.8) is 0 Å². The highest BCUT2D eigenvalue weighted by molar-refractivity contribution is 7.16. The Hall–Kier alpha value is -2.77. The molecular weight excluding hydrogens is 424 g/mol. The van der Waals surface area contributed by atoms with Gasteiger partial charge in [0, 0.05) is 16.0 Å². The molecular formula is C25H30N2O4S. The van der Waals surface area contributed by atoms with E-state index in [-0.39, 0.29) is 11.9 Å². The lowest BCUT2D eigenvalue weighted by atomic mass is 9.94. The van der Waals surface area contributed by atoms with Crippen LogP contribution in [0.25, 0.3) is 0 Å². The third kappa shape index (κ3) is 4.69. The standard InChI is InChI=1S/C25H30N2O4S/c1-4-18-16-20(25(32-18)26-24(28)22-9-8-14-31-22)23(27-12-6-5-7-13-27)19-15-17(29-2)10-11-21(19)30-3/h8-11,14-16,23H,4-7,12-13H2,1-3H3,(H,26,28)/t23-/m0/s1. The molecule has 3 aromatic rings. The maximum absolute atomic E-state index is 12.8. The number of nitrogens with zero attached hydrogens (tertiary/aromatic N) is 1. The molecule has 1 fully saturated rings. The Balaban J connectivity index is 1.81. The molecule has 0 bridgehead atoms. The molecule has 0 radical (unpaired) electrons. The average molecular weight is 455 g/mol. The highest BCUT2D eigenvalue weighted by atomic mass is 32.1. The molecule has 1 aromatic carbocycles. The fourth-order valence-electron chi connectivity index (χ4n) is 4.30. The molecule has 1 aliphatic rings. The number of carbonyl (C=O) groups is 1. The molecule has 6 nitrogen and oxygen atoms in total. The topological polar surface area (TPSA) is 63.9 Å². The van der Waals surface area contributed by atoms with E-state index in [1.54, 1.807) is 37.7 Å². The molecule has 170 valence electrons. The first-order chi connectivity index (χ1) is 15.6. The van der Waals surface area contributed by atoms with E-state index in [1.165, 1.54) is 17.6 Å². The second-order valence-corrected chi connectivity index (χ2v) is 9.03. The van der Waals surface area contributed by atoms with Crippen molar-refractivity contribution in [2.45, 2.75) is 38.6 Å². The number of furan rings is 1. The predicted molar refractivity (Wildman–Crippen MR) is 127 cm³/mol. The van der Waals surface area contributed by atoms with Crippen LogP contribution >= 0.6 is 11.3 Å². The molecule has 1 aliphatic heterocycles. The second kappa shape index (κ2) is 10.2. The number of anilines is 1. The van der Waals surface area contributed by atoms with Gasteiger partial charge in [0.2, 0.25) is 0 Å². The molecule has 0 saturated carbocycles. The summed E-state index contributed by atoms with van der Waals surface area (Å²) in [7, 11) is 3.37. The van der Waals surface area contributed by atoms with Crippen LogP contribution in [0.2, 0.25) is 0 Å². The molecule has 3 heterocycles. The molecule has 0 unspecified atom stereocenters. The van der Waals surface area contributed by atoms with Gasteiger partial charge >= 0.3 is 0 Å². The number of ether oxygens (including phenoxy) is 2. The summed E-state index contributed by atoms with van der Waals surface area (Å²) in [5.74, 6) is 1.66. The van der Waals surface area contributed by atoms with E-state index in [0.717, 1.165) is 60.0 Å². The van der Waals surface area contributed by atoms with Crippen molar-refractivity contribution in [1.82, 2.24) is 4.90 Å². The number of aryl methyl sites for hydroxylation is 1. The smallest absolute Gasteiger partial charge is 0.291 e. The van der Waals surface area contributed by atoms with Gasteiger partial charge in [0.25, 0.3) is 5.91 Å². The zero-order chi connectivity index (χ0) is 22.5. The highest BCUT2D eigenvalue weighted by Gasteiger charge is 2.31. The van der Waals surface area contributed by atoms with Crippen LogP contribution in [0.1, 0.15) is 58.8 Å². The predicted octanol–water partition coefficient (Wildman–Crippen LogP) is 5.75. The van der Waals surface area contributed by atoms with E-state index in [4.69, 9.17) is 13.9 Å². The van der Waals surface area contributed by atoms with E-state index in [1.807, 2.05) is 12.1 Å². The number of rotatable bonds is 8. The number of methoxy groups -OCH3 is 2. The Morgan fingerprint density at radius 1 is 1.12 bits per heavy atom. The number of benzene rings is 1. The first-order valence-corrected chi connectivity index (χ1v) is 11.9. The van der Waals surface area contributed by atoms with Crippen LogP contribution in [0.4, 0.5) is 5.00 Å². The second-order valence-electron chi connectivity index (χ2n) is 7.89. The fraction of sp³-hybridized carbons (Fsp3) is 0.400. The number of carbonyl (C=O) groups excluding carboxylic acids is 1. The minimum absolute atomic E-state index is 0.0520. The summed E-state index contributed by atoms with van der Waals surface area (Å²) in [6, 6.07) is 11.5. The molecule has 1 N–H and O–H groups in total. The molecule has 32 heavy (non-hydrogen) atoms. The molecule has 4 rings (SSSR count). The van der Waals surface area contributed by atoms with Crippen molar-refractivity contribution >= 4 is 22.2 Å². The van der Waals surface area contributed by atoms with Gasteiger partial charge in [-0.15, -0.1) is 11.3 Å². The quantitative estimate of drug-likeness (QED) is 0.470. The van der Waals surface area contributed by atoms with Crippen LogP contribution in [-0.2, 0) is 6.42 Å². The summed E-state index contributed by atoms with van der Waals surface area (Å²) in [6.07, 6.45) is 5.96. The number of likely N-dealkylation sites (tertiary alicyclic amines) is 1. The average Bonchev–Trinajstić information content (AvgIpc) is 3.51. The number of thiophene rings is 1. The van der Waals surface area contributed by atoms with Gasteiger partial charge in [-0.2, -0.15) is 0 Å². The molecule has 0 aliphatic carbocycles. The van der Waals surface area contributed by atoms with Crippen LogP contribution in [0.15, 0.2) is 47.1 Å². The minimum atomic E-state index is -0.240. The Kier molecular flexibility index (Phi) is 7.17. The Bertz CT molecular complexity index is 1040. The summed E-state index contributed by atoms with van der Waals surface area (Å²) in [5, 5.41) is 3.96. The zero-order valence-corrected chi connectivity index (χ0v) is 19.7. The molecule has 2 aromatic heterocycles. The van der Waals surface area contributed by atoms with Crippen LogP contribution in [-0.4, -0.2) is 38.1 Å². The normalized spacial score (nSPS) is 15.3. The van der Waals surface area contributed by atoms with E-state index < -0.39 is 0 Å². The summed E-state index contributed by atoms with van der Waals surface area (Å²) in [4.78, 5) is 16.5. The summed E-state index contributed by atoms with van der Waals surface area (Å²) in [5.41, 5.74) is 2.13. The summed E-state index contributed by atoms with van der Waals surface area (Å²) < 4.78 is 16.6. The van der Waals surface area contributed by atoms with Crippen molar-refractivity contribution in [2.24, 2.45) is 0 Å². The number of piperidine rings is 1. The third-order valence-corrected chi connectivity index (χ3v) is 7.12. The van der Waals surface area contributed by atoms with Gasteiger partial charge in [-0.25, -0.2) is 0 Å². The molecule has 1 atom stereocenters. The minimum Gasteiger partial charge on any atom is -0.497 e. The number of hydrogen-bond acceptors (Lipinski definition) is 6. The lowest BCUT2D eigenvalue weighted by Gasteiger charge is -2.36. The molecule has 1 saturated heterocycles. The Labute approximate surface area is 193 Å². The van der Waals surface area contributed by atoms with Crippen LogP contribution in [0.5, 0.6) is 11.5 Å².